The van der Waals surface area contributed by atoms with Gasteiger partial charge in [0.05, 0.1) is 73.3 Å². The number of aromatic nitrogens is 6. The number of piperidine rings is 2. The van der Waals surface area contributed by atoms with Crippen LogP contribution in [0.5, 0.6) is 0 Å². The van der Waals surface area contributed by atoms with Crippen molar-refractivity contribution in [2.75, 3.05) is 50.2 Å². The van der Waals surface area contributed by atoms with Gasteiger partial charge in [-0.25, -0.2) is 9.59 Å². The van der Waals surface area contributed by atoms with Gasteiger partial charge < -0.3 is 39.1 Å². The molecule has 0 aliphatic carbocycles. The van der Waals surface area contributed by atoms with Crippen LogP contribution in [-0.2, 0) is 43.0 Å². The molecule has 18 nitrogen and oxygen atoms in total. The van der Waals surface area contributed by atoms with Crippen LogP contribution in [0.4, 0.5) is 21.0 Å². The molecule has 396 valence electrons. The van der Waals surface area contributed by atoms with Crippen molar-refractivity contribution in [1.82, 2.24) is 39.7 Å². The quantitative estimate of drug-likeness (QED) is 0.149. The van der Waals surface area contributed by atoms with Crippen LogP contribution in [0.1, 0.15) is 48.2 Å². The molecule has 0 radical (unpaired) electrons. The first-order valence-corrected chi connectivity index (χ1v) is 26.5. The van der Waals surface area contributed by atoms with Gasteiger partial charge in [-0.15, -0.1) is 0 Å². The highest BCUT2D eigenvalue weighted by Gasteiger charge is 2.54. The fraction of sp³-hybridized carbons (Fsp3) is 0.250. The SMILES string of the molecule is COC(=O)N1CCC2(CC1)C(=O)N(Cc1ncc3cc(Cl)ccc3c1-c1cccnc1)c1cnccc12.COC(=O)N1CCC2(CC1)C(=O)N(Cc1ncc3cc(Cl)ccc3c1Br)c1cnccc12.OB(O)c1cccnc1. The van der Waals surface area contributed by atoms with Crippen molar-refractivity contribution in [3.05, 3.63) is 172 Å². The molecule has 2 fully saturated rings. The minimum absolute atomic E-state index is 0.00940. The molecule has 4 amide bonds. The number of carbonyl (C=O) groups is 4. The predicted octanol–water partition coefficient (Wildman–Crippen LogP) is 8.45. The highest BCUT2D eigenvalue weighted by atomic mass is 79.9. The van der Waals surface area contributed by atoms with Crippen LogP contribution in [0, 0.1) is 0 Å². The summed E-state index contributed by atoms with van der Waals surface area (Å²) in [5.41, 5.74) is 5.89. The third kappa shape index (κ3) is 10.2. The zero-order chi connectivity index (χ0) is 54.7. The van der Waals surface area contributed by atoms with E-state index in [4.69, 9.17) is 47.7 Å². The summed E-state index contributed by atoms with van der Waals surface area (Å²) in [5.74, 6) is 0.0325. The summed E-state index contributed by atoms with van der Waals surface area (Å²) in [6, 6.07) is 22.3. The number of rotatable bonds is 6. The molecule has 2 N–H and O–H groups in total. The van der Waals surface area contributed by atoms with Crippen molar-refractivity contribution in [3.63, 3.8) is 0 Å². The molecule has 6 aromatic heterocycles. The average Bonchev–Trinajstić information content (AvgIpc) is 4.04. The van der Waals surface area contributed by atoms with Crippen molar-refractivity contribution in [2.45, 2.75) is 49.6 Å². The standard InChI is InChI=1S/C28H24ClN5O3.C23H20BrClN4O3.C5H6BNO2/c1-37-27(36)33-11-7-28(8-12-33)22-6-10-31-16-24(22)34(26(28)35)17-23-25(18-3-2-9-30-14-18)21-5-4-20(29)13-19(21)15-32-23;1-32-22(31)28-8-5-23(6-9-28)17-4-7-26-12-19(17)29(21(23)30)13-18-20(24)16-3-2-15(25)10-14(16)11-27-18;8-6(9)5-2-1-3-7-4-5/h2-6,9-10,13-16H,7-8,11-12,17H2,1H3;2-4,7,10-12H,5-6,8-9,13H2,1H3;1-4,8-9H. The average molecular weight is 1150 g/mol. The minimum Gasteiger partial charge on any atom is -0.453 e. The number of amides is 4. The molecule has 12 rings (SSSR count). The van der Waals surface area contributed by atoms with E-state index in [2.05, 4.69) is 40.8 Å². The first kappa shape index (κ1) is 53.8. The van der Waals surface area contributed by atoms with Crippen LogP contribution in [0.25, 0.3) is 32.7 Å². The predicted molar refractivity (Wildman–Crippen MR) is 299 cm³/mol. The van der Waals surface area contributed by atoms with Crippen molar-refractivity contribution < 1.29 is 38.7 Å². The number of fused-ring (bicyclic) bond motifs is 6. The Morgan fingerprint density at radius 1 is 0.615 bits per heavy atom. The third-order valence-electron chi connectivity index (χ3n) is 15.0. The summed E-state index contributed by atoms with van der Waals surface area (Å²) < 4.78 is 10.6. The molecule has 0 saturated carbocycles. The number of ether oxygens (including phenoxy) is 2. The lowest BCUT2D eigenvalue weighted by atomic mass is 9.74. The van der Waals surface area contributed by atoms with Gasteiger partial charge in [0.25, 0.3) is 0 Å². The van der Waals surface area contributed by atoms with Crippen molar-refractivity contribution in [2.24, 2.45) is 0 Å². The Hall–Kier alpha value is -7.62. The molecule has 4 aliphatic rings. The van der Waals surface area contributed by atoms with Crippen molar-refractivity contribution >= 4 is 109 Å². The van der Waals surface area contributed by atoms with E-state index in [1.54, 1.807) is 87.5 Å². The normalized spacial score (nSPS) is 15.8. The minimum atomic E-state index is -1.40. The summed E-state index contributed by atoms with van der Waals surface area (Å²) >= 11 is 16.0. The van der Waals surface area contributed by atoms with E-state index in [0.717, 1.165) is 71.0 Å². The summed E-state index contributed by atoms with van der Waals surface area (Å²) in [6.45, 7) is 2.43. The summed E-state index contributed by atoms with van der Waals surface area (Å²) in [7, 11) is 1.35. The Labute approximate surface area is 467 Å². The highest BCUT2D eigenvalue weighted by Crippen LogP contribution is 2.50. The lowest BCUT2D eigenvalue weighted by molar-refractivity contribution is -0.125. The Morgan fingerprint density at radius 2 is 1.09 bits per heavy atom. The molecule has 0 atom stereocenters. The molecule has 4 aliphatic heterocycles. The van der Waals surface area contributed by atoms with Crippen LogP contribution in [0.15, 0.2) is 139 Å². The van der Waals surface area contributed by atoms with Gasteiger partial charge in [-0.2, -0.15) is 0 Å². The topological polar surface area (TPSA) is 217 Å². The molecule has 10 heterocycles. The largest absolute Gasteiger partial charge is 0.490 e. The second kappa shape index (κ2) is 22.8. The number of likely N-dealkylation sites (tertiary alicyclic amines) is 2. The number of hydrogen-bond donors (Lipinski definition) is 2. The number of pyridine rings is 6. The number of benzene rings is 2. The molecule has 0 unspecified atom stereocenters. The zero-order valence-corrected chi connectivity index (χ0v) is 45.4. The van der Waals surface area contributed by atoms with Gasteiger partial charge in [0.15, 0.2) is 0 Å². The molecule has 2 aromatic carbocycles. The maximum Gasteiger partial charge on any atom is 0.490 e. The Morgan fingerprint density at radius 3 is 1.56 bits per heavy atom. The summed E-state index contributed by atoms with van der Waals surface area (Å²) in [4.78, 5) is 84.9. The Bertz CT molecular complexity index is 3580. The number of halogens is 3. The molecule has 8 aromatic rings. The van der Waals surface area contributed by atoms with Crippen LogP contribution >= 0.6 is 39.1 Å². The van der Waals surface area contributed by atoms with Gasteiger partial charge in [0.1, 0.15) is 0 Å². The first-order chi connectivity index (χ1) is 37.8. The molecule has 22 heteroatoms. The number of hydrogen-bond acceptors (Lipinski definition) is 14. The van der Waals surface area contributed by atoms with Gasteiger partial charge in [0, 0.05) is 118 Å². The monoisotopic (exact) mass is 1150 g/mol. The second-order valence-corrected chi connectivity index (χ2v) is 20.8. The molecular formula is C56H50BBrCl2N10O8. The smallest absolute Gasteiger partial charge is 0.453 e. The molecule has 2 spiro atoms. The van der Waals surface area contributed by atoms with E-state index < -0.39 is 17.9 Å². The van der Waals surface area contributed by atoms with Gasteiger partial charge in [0.2, 0.25) is 11.8 Å². The second-order valence-electron chi connectivity index (χ2n) is 19.1. The van der Waals surface area contributed by atoms with E-state index in [1.165, 1.54) is 20.4 Å². The number of carbonyl (C=O) groups excluding carboxylic acids is 4. The highest BCUT2D eigenvalue weighted by molar-refractivity contribution is 9.10. The first-order valence-electron chi connectivity index (χ1n) is 24.9. The van der Waals surface area contributed by atoms with Crippen molar-refractivity contribution in [3.8, 4) is 11.1 Å². The fourth-order valence-corrected chi connectivity index (χ4v) is 11.9. The van der Waals surface area contributed by atoms with Crippen LogP contribution in [0.2, 0.25) is 10.0 Å². The fourth-order valence-electron chi connectivity index (χ4n) is 11.0. The maximum atomic E-state index is 14.2. The van der Waals surface area contributed by atoms with Crippen LogP contribution in [0.3, 0.4) is 0 Å². The van der Waals surface area contributed by atoms with Gasteiger partial charge in [-0.05, 0) is 112 Å². The van der Waals surface area contributed by atoms with E-state index in [9.17, 15) is 19.2 Å². The van der Waals surface area contributed by atoms with Gasteiger partial charge in [-0.1, -0.05) is 47.5 Å². The van der Waals surface area contributed by atoms with E-state index in [-0.39, 0.29) is 30.5 Å². The summed E-state index contributed by atoms with van der Waals surface area (Å²) in [5, 5.41) is 22.2. The lowest BCUT2D eigenvalue weighted by Gasteiger charge is -2.37. The van der Waals surface area contributed by atoms with Gasteiger partial charge >= 0.3 is 19.3 Å². The number of nitrogens with zero attached hydrogens (tertiary/aromatic N) is 10. The lowest BCUT2D eigenvalue weighted by Crippen LogP contribution is -2.50. The van der Waals surface area contributed by atoms with Gasteiger partial charge in [-0.3, -0.25) is 39.5 Å². The summed E-state index contributed by atoms with van der Waals surface area (Å²) in [6.07, 6.45) is 18.4. The molecule has 0 bridgehead atoms. The van der Waals surface area contributed by atoms with E-state index >= 15 is 0 Å². The van der Waals surface area contributed by atoms with E-state index in [0.29, 0.717) is 73.9 Å². The zero-order valence-electron chi connectivity index (χ0n) is 42.3. The van der Waals surface area contributed by atoms with Crippen LogP contribution < -0.4 is 15.3 Å². The molecule has 2 saturated heterocycles. The third-order valence-corrected chi connectivity index (χ3v) is 16.3. The number of anilines is 2. The number of methoxy groups -OCH3 is 2. The Balaban J connectivity index is 0.000000153. The van der Waals surface area contributed by atoms with Crippen LogP contribution in [-0.4, -0.2) is 121 Å². The molecule has 78 heavy (non-hydrogen) atoms. The molecular weight excluding hydrogens is 1100 g/mol. The van der Waals surface area contributed by atoms with E-state index in [1.807, 2.05) is 60.7 Å². The maximum absolute atomic E-state index is 14.2. The van der Waals surface area contributed by atoms with Crippen molar-refractivity contribution in [1.29, 1.82) is 0 Å². The Kier molecular flexibility index (Phi) is 15.7.